The largest absolute Gasteiger partial charge is 0.379 e. The van der Waals surface area contributed by atoms with Crippen LogP contribution in [0, 0.1) is 5.82 Å². The fourth-order valence-electron chi connectivity index (χ4n) is 2.69. The van der Waals surface area contributed by atoms with Crippen molar-refractivity contribution in [2.45, 2.75) is 19.9 Å². The Bertz CT molecular complexity index is 478. The van der Waals surface area contributed by atoms with Gasteiger partial charge >= 0.3 is 0 Å². The number of guanidine groups is 1. The molecule has 0 aromatic heterocycles. The average molecular weight is 322 g/mol. The van der Waals surface area contributed by atoms with Crippen LogP contribution in [0.3, 0.4) is 0 Å². The van der Waals surface area contributed by atoms with Crippen LogP contribution < -0.4 is 10.6 Å². The summed E-state index contributed by atoms with van der Waals surface area (Å²) in [6.07, 6.45) is 0. The number of halogens is 1. The van der Waals surface area contributed by atoms with Gasteiger partial charge < -0.3 is 15.4 Å². The molecule has 128 valence electrons. The maximum absolute atomic E-state index is 13.2. The zero-order valence-electron chi connectivity index (χ0n) is 14.0. The van der Waals surface area contributed by atoms with Crippen molar-refractivity contribution >= 4 is 5.96 Å². The number of rotatable bonds is 6. The molecule has 0 saturated carbocycles. The van der Waals surface area contributed by atoms with Gasteiger partial charge in [0, 0.05) is 26.2 Å². The molecule has 0 spiro atoms. The first-order valence-electron chi connectivity index (χ1n) is 8.34. The van der Waals surface area contributed by atoms with Gasteiger partial charge in [0.1, 0.15) is 5.82 Å². The van der Waals surface area contributed by atoms with Crippen molar-refractivity contribution in [2.24, 2.45) is 4.99 Å². The number of hydrogen-bond acceptors (Lipinski definition) is 3. The lowest BCUT2D eigenvalue weighted by Crippen LogP contribution is -2.41. The third kappa shape index (κ3) is 5.48. The van der Waals surface area contributed by atoms with Gasteiger partial charge in [0.05, 0.1) is 25.8 Å². The van der Waals surface area contributed by atoms with Crippen LogP contribution in [0.1, 0.15) is 25.5 Å². The molecule has 1 aliphatic heterocycles. The smallest absolute Gasteiger partial charge is 0.191 e. The topological polar surface area (TPSA) is 48.9 Å². The van der Waals surface area contributed by atoms with E-state index in [9.17, 15) is 4.39 Å². The summed E-state index contributed by atoms with van der Waals surface area (Å²) in [5, 5.41) is 6.48. The van der Waals surface area contributed by atoms with Crippen LogP contribution >= 0.6 is 0 Å². The summed E-state index contributed by atoms with van der Waals surface area (Å²) in [7, 11) is 0. The number of hydrogen-bond donors (Lipinski definition) is 2. The minimum Gasteiger partial charge on any atom is -0.379 e. The zero-order valence-corrected chi connectivity index (χ0v) is 14.0. The summed E-state index contributed by atoms with van der Waals surface area (Å²) in [6, 6.07) is 6.87. The first-order valence-corrected chi connectivity index (χ1v) is 8.34. The fraction of sp³-hybridized carbons (Fsp3) is 0.588. The number of benzene rings is 1. The summed E-state index contributed by atoms with van der Waals surface area (Å²) in [4.78, 5) is 7.05. The summed E-state index contributed by atoms with van der Waals surface area (Å²) in [5.41, 5.74) is 1.09. The first-order chi connectivity index (χ1) is 11.2. The van der Waals surface area contributed by atoms with Gasteiger partial charge in [0.2, 0.25) is 0 Å². The Morgan fingerprint density at radius 3 is 2.35 bits per heavy atom. The van der Waals surface area contributed by atoms with Gasteiger partial charge in [-0.3, -0.25) is 9.89 Å². The van der Waals surface area contributed by atoms with E-state index < -0.39 is 0 Å². The molecule has 0 amide bonds. The SMILES string of the molecule is CCNC(=NCC(c1ccc(F)cc1)N1CCOCC1)NCC. The Labute approximate surface area is 137 Å². The van der Waals surface area contributed by atoms with Crippen LogP contribution in [0.2, 0.25) is 0 Å². The van der Waals surface area contributed by atoms with Gasteiger partial charge in [-0.15, -0.1) is 0 Å². The number of ether oxygens (including phenoxy) is 1. The van der Waals surface area contributed by atoms with Crippen LogP contribution in [-0.2, 0) is 4.74 Å². The molecule has 0 bridgehead atoms. The quantitative estimate of drug-likeness (QED) is 0.619. The van der Waals surface area contributed by atoms with Gasteiger partial charge in [-0.05, 0) is 31.5 Å². The lowest BCUT2D eigenvalue weighted by Gasteiger charge is -2.34. The van der Waals surface area contributed by atoms with Gasteiger partial charge in [0.25, 0.3) is 0 Å². The number of morpholine rings is 1. The van der Waals surface area contributed by atoms with E-state index in [-0.39, 0.29) is 11.9 Å². The van der Waals surface area contributed by atoms with Crippen molar-refractivity contribution in [3.05, 3.63) is 35.6 Å². The molecule has 1 aliphatic rings. The molecule has 23 heavy (non-hydrogen) atoms. The van der Waals surface area contributed by atoms with Crippen molar-refractivity contribution in [1.29, 1.82) is 0 Å². The van der Waals surface area contributed by atoms with E-state index in [2.05, 4.69) is 15.5 Å². The monoisotopic (exact) mass is 322 g/mol. The highest BCUT2D eigenvalue weighted by molar-refractivity contribution is 5.79. The van der Waals surface area contributed by atoms with Crippen LogP contribution in [-0.4, -0.2) is 56.8 Å². The predicted molar refractivity (Wildman–Crippen MR) is 91.2 cm³/mol. The highest BCUT2D eigenvalue weighted by Gasteiger charge is 2.22. The molecule has 1 saturated heterocycles. The molecule has 6 heteroatoms. The van der Waals surface area contributed by atoms with E-state index in [1.165, 1.54) is 12.1 Å². The molecule has 1 heterocycles. The van der Waals surface area contributed by atoms with Gasteiger partial charge in [-0.1, -0.05) is 12.1 Å². The normalized spacial score (nSPS) is 16.7. The summed E-state index contributed by atoms with van der Waals surface area (Å²) in [6.45, 7) is 9.57. The Balaban J connectivity index is 2.15. The standard InChI is InChI=1S/C17H27FN4O/c1-3-19-17(20-4-2)21-13-16(22-9-11-23-12-10-22)14-5-7-15(18)8-6-14/h5-8,16H,3-4,9-13H2,1-2H3,(H2,19,20,21). The van der Waals surface area contributed by atoms with E-state index >= 15 is 0 Å². The van der Waals surface area contributed by atoms with Crippen molar-refractivity contribution in [1.82, 2.24) is 15.5 Å². The van der Waals surface area contributed by atoms with Gasteiger partial charge in [0.15, 0.2) is 5.96 Å². The van der Waals surface area contributed by atoms with E-state index in [1.54, 1.807) is 0 Å². The van der Waals surface area contributed by atoms with E-state index in [4.69, 9.17) is 9.73 Å². The second-order valence-electron chi connectivity index (χ2n) is 5.47. The maximum Gasteiger partial charge on any atom is 0.191 e. The van der Waals surface area contributed by atoms with E-state index in [1.807, 2.05) is 26.0 Å². The molecular formula is C17H27FN4O. The molecule has 1 unspecified atom stereocenters. The van der Waals surface area contributed by atoms with Crippen LogP contribution in [0.25, 0.3) is 0 Å². The maximum atomic E-state index is 13.2. The van der Waals surface area contributed by atoms with Gasteiger partial charge in [-0.25, -0.2) is 4.39 Å². The van der Waals surface area contributed by atoms with Crippen molar-refractivity contribution in [3.8, 4) is 0 Å². The zero-order chi connectivity index (χ0) is 16.5. The van der Waals surface area contributed by atoms with Crippen LogP contribution in [0.15, 0.2) is 29.3 Å². The molecule has 0 aliphatic carbocycles. The molecule has 2 rings (SSSR count). The third-order valence-electron chi connectivity index (χ3n) is 3.85. The lowest BCUT2D eigenvalue weighted by molar-refractivity contribution is 0.0179. The van der Waals surface area contributed by atoms with E-state index in [0.717, 1.165) is 50.9 Å². The molecule has 1 fully saturated rings. The minimum atomic E-state index is -0.209. The van der Waals surface area contributed by atoms with Gasteiger partial charge in [-0.2, -0.15) is 0 Å². The number of aliphatic imine (C=N–C) groups is 1. The highest BCUT2D eigenvalue weighted by Crippen LogP contribution is 2.22. The second-order valence-corrected chi connectivity index (χ2v) is 5.47. The van der Waals surface area contributed by atoms with Crippen molar-refractivity contribution in [3.63, 3.8) is 0 Å². The van der Waals surface area contributed by atoms with Crippen LogP contribution in [0.5, 0.6) is 0 Å². The summed E-state index contributed by atoms with van der Waals surface area (Å²) in [5.74, 6) is 0.606. The average Bonchev–Trinajstić information content (AvgIpc) is 2.58. The Kier molecular flexibility index (Phi) is 7.29. The summed E-state index contributed by atoms with van der Waals surface area (Å²) < 4.78 is 18.7. The van der Waals surface area contributed by atoms with Crippen molar-refractivity contribution < 1.29 is 9.13 Å². The van der Waals surface area contributed by atoms with Crippen molar-refractivity contribution in [2.75, 3.05) is 45.9 Å². The second kappa shape index (κ2) is 9.47. The number of nitrogens with one attached hydrogen (secondary N) is 2. The van der Waals surface area contributed by atoms with Crippen LogP contribution in [0.4, 0.5) is 4.39 Å². The first kappa shape index (κ1) is 17.7. The third-order valence-corrected chi connectivity index (χ3v) is 3.85. The molecule has 1 aromatic carbocycles. The Morgan fingerprint density at radius 2 is 1.78 bits per heavy atom. The highest BCUT2D eigenvalue weighted by atomic mass is 19.1. The Hall–Kier alpha value is -1.66. The van der Waals surface area contributed by atoms with E-state index in [0.29, 0.717) is 6.54 Å². The fourth-order valence-corrected chi connectivity index (χ4v) is 2.69. The molecule has 1 atom stereocenters. The minimum absolute atomic E-state index is 0.131. The molecule has 1 aromatic rings. The molecular weight excluding hydrogens is 295 g/mol. The molecule has 0 radical (unpaired) electrons. The lowest BCUT2D eigenvalue weighted by atomic mass is 10.0. The summed E-state index contributed by atoms with van der Waals surface area (Å²) >= 11 is 0. The molecule has 2 N–H and O–H groups in total. The predicted octanol–water partition coefficient (Wildman–Crippen LogP) is 1.77. The number of nitrogens with zero attached hydrogens (tertiary/aromatic N) is 2. The molecule has 5 nitrogen and oxygen atoms in total. The Morgan fingerprint density at radius 1 is 1.17 bits per heavy atom.